The molecule has 1 aromatic heterocycles. The number of ether oxygens (including phenoxy) is 2. The van der Waals surface area contributed by atoms with Crippen molar-refractivity contribution >= 4 is 5.82 Å². The highest BCUT2D eigenvalue weighted by Gasteiger charge is 2.39. The van der Waals surface area contributed by atoms with Gasteiger partial charge in [0.25, 0.3) is 0 Å². The van der Waals surface area contributed by atoms with Gasteiger partial charge in [0.1, 0.15) is 11.4 Å². The molecule has 1 aliphatic carbocycles. The van der Waals surface area contributed by atoms with Crippen LogP contribution in [0, 0.1) is 5.92 Å². The van der Waals surface area contributed by atoms with Crippen molar-refractivity contribution in [2.24, 2.45) is 11.8 Å². The molecule has 1 aliphatic rings. The Morgan fingerprint density at radius 3 is 2.67 bits per heavy atom. The van der Waals surface area contributed by atoms with Gasteiger partial charge in [-0.05, 0) is 38.5 Å². The number of nitrogens with zero attached hydrogens (tertiary/aromatic N) is 2. The summed E-state index contributed by atoms with van der Waals surface area (Å²) in [5.74, 6) is 7.58. The second kappa shape index (κ2) is 7.15. The van der Waals surface area contributed by atoms with Crippen molar-refractivity contribution in [3.63, 3.8) is 0 Å². The van der Waals surface area contributed by atoms with Crippen LogP contribution in [0.1, 0.15) is 51.0 Å². The molecule has 1 heterocycles. The fraction of sp³-hybridized carbons (Fsp3) is 0.733. The van der Waals surface area contributed by atoms with Gasteiger partial charge in [0.2, 0.25) is 0 Å². The first-order valence-electron chi connectivity index (χ1n) is 7.61. The fourth-order valence-corrected chi connectivity index (χ4v) is 2.93. The third kappa shape index (κ3) is 3.70. The van der Waals surface area contributed by atoms with Gasteiger partial charge in [0, 0.05) is 19.8 Å². The van der Waals surface area contributed by atoms with Crippen LogP contribution in [-0.4, -0.2) is 23.7 Å². The third-order valence-corrected chi connectivity index (χ3v) is 4.13. The maximum absolute atomic E-state index is 6.10. The fourth-order valence-electron chi connectivity index (χ4n) is 2.93. The minimum Gasteiger partial charge on any atom is -0.378 e. The Morgan fingerprint density at radius 1 is 1.38 bits per heavy atom. The van der Waals surface area contributed by atoms with Crippen molar-refractivity contribution < 1.29 is 9.47 Å². The second-order valence-corrected chi connectivity index (χ2v) is 5.76. The summed E-state index contributed by atoms with van der Waals surface area (Å²) in [5, 5.41) is 0. The van der Waals surface area contributed by atoms with E-state index in [0.717, 1.165) is 43.1 Å². The maximum atomic E-state index is 6.10. The second-order valence-electron chi connectivity index (χ2n) is 5.76. The minimum absolute atomic E-state index is 0.392. The van der Waals surface area contributed by atoms with Crippen LogP contribution in [0.2, 0.25) is 0 Å². The summed E-state index contributed by atoms with van der Waals surface area (Å²) in [6.45, 7) is 5.38. The Morgan fingerprint density at radius 2 is 2.10 bits per heavy atom. The molecule has 0 radical (unpaired) electrons. The van der Waals surface area contributed by atoms with Crippen LogP contribution in [0.4, 0.5) is 5.82 Å². The van der Waals surface area contributed by atoms with Crippen LogP contribution in [-0.2, 0) is 21.7 Å². The highest BCUT2D eigenvalue weighted by atomic mass is 16.5. The minimum atomic E-state index is -0.392. The highest BCUT2D eigenvalue weighted by molar-refractivity contribution is 5.35. The first-order valence-corrected chi connectivity index (χ1v) is 7.61. The Kier molecular flexibility index (Phi) is 5.50. The molecule has 2 rings (SSSR count). The predicted octanol–water partition coefficient (Wildman–Crippen LogP) is 2.35. The Balaban J connectivity index is 2.36. The molecule has 0 aliphatic heterocycles. The lowest BCUT2D eigenvalue weighted by molar-refractivity contribution is -0.0838. The lowest BCUT2D eigenvalue weighted by atomic mass is 9.78. The van der Waals surface area contributed by atoms with E-state index in [1.54, 1.807) is 13.2 Å². The predicted molar refractivity (Wildman–Crippen MR) is 81.5 cm³/mol. The van der Waals surface area contributed by atoms with E-state index in [-0.39, 0.29) is 0 Å². The van der Waals surface area contributed by atoms with Crippen LogP contribution in [0.5, 0.6) is 0 Å². The molecular formula is C15H26N4O2. The number of rotatable bonds is 6. The molecule has 1 aromatic rings. The van der Waals surface area contributed by atoms with E-state index in [1.165, 1.54) is 0 Å². The van der Waals surface area contributed by atoms with Gasteiger partial charge >= 0.3 is 0 Å². The molecule has 0 unspecified atom stereocenters. The topological polar surface area (TPSA) is 82.3 Å². The zero-order chi connectivity index (χ0) is 15.3. The van der Waals surface area contributed by atoms with Crippen LogP contribution in [0.25, 0.3) is 0 Å². The van der Waals surface area contributed by atoms with Crippen molar-refractivity contribution in [1.82, 2.24) is 9.97 Å². The molecule has 1 fully saturated rings. The lowest BCUT2D eigenvalue weighted by Gasteiger charge is -2.38. The first kappa shape index (κ1) is 16.1. The largest absolute Gasteiger partial charge is 0.378 e. The summed E-state index contributed by atoms with van der Waals surface area (Å²) >= 11 is 0. The van der Waals surface area contributed by atoms with Gasteiger partial charge in [-0.15, -0.1) is 0 Å². The monoisotopic (exact) mass is 294 g/mol. The number of anilines is 1. The molecule has 0 atom stereocenters. The SMILES string of the molecule is CCOC1(c2nc(COC)cc(NN)n2)CCC(C)CC1. The number of hydrogen-bond acceptors (Lipinski definition) is 6. The summed E-state index contributed by atoms with van der Waals surface area (Å²) in [7, 11) is 1.65. The summed E-state index contributed by atoms with van der Waals surface area (Å²) in [6.07, 6.45) is 4.15. The average molecular weight is 294 g/mol. The number of hydrazine groups is 1. The van der Waals surface area contributed by atoms with E-state index in [4.69, 9.17) is 15.3 Å². The number of nitrogen functional groups attached to an aromatic ring is 1. The zero-order valence-corrected chi connectivity index (χ0v) is 13.2. The number of nitrogens with one attached hydrogen (secondary N) is 1. The number of nitrogens with two attached hydrogens (primary N) is 1. The van der Waals surface area contributed by atoms with E-state index in [9.17, 15) is 0 Å². The zero-order valence-electron chi connectivity index (χ0n) is 13.2. The van der Waals surface area contributed by atoms with Crippen LogP contribution < -0.4 is 11.3 Å². The van der Waals surface area contributed by atoms with Gasteiger partial charge < -0.3 is 14.9 Å². The van der Waals surface area contributed by atoms with Crippen molar-refractivity contribution in [2.75, 3.05) is 19.1 Å². The average Bonchev–Trinajstić information content (AvgIpc) is 2.50. The van der Waals surface area contributed by atoms with Crippen molar-refractivity contribution in [3.05, 3.63) is 17.6 Å². The van der Waals surface area contributed by atoms with Gasteiger partial charge in [-0.2, -0.15) is 0 Å². The molecule has 6 nitrogen and oxygen atoms in total. The lowest BCUT2D eigenvalue weighted by Crippen LogP contribution is -2.36. The van der Waals surface area contributed by atoms with Crippen molar-refractivity contribution in [2.45, 2.75) is 51.7 Å². The van der Waals surface area contributed by atoms with Gasteiger partial charge in [0.15, 0.2) is 5.82 Å². The first-order chi connectivity index (χ1) is 10.1. The van der Waals surface area contributed by atoms with Gasteiger partial charge in [-0.3, -0.25) is 0 Å². The summed E-state index contributed by atoms with van der Waals surface area (Å²) in [4.78, 5) is 9.20. The normalized spacial score (nSPS) is 25.8. The van der Waals surface area contributed by atoms with E-state index in [0.29, 0.717) is 19.0 Å². The highest BCUT2D eigenvalue weighted by Crippen LogP contribution is 2.41. The molecule has 118 valence electrons. The Hall–Kier alpha value is -1.24. The molecule has 1 saturated carbocycles. The molecule has 0 amide bonds. The van der Waals surface area contributed by atoms with Crippen molar-refractivity contribution in [1.29, 1.82) is 0 Å². The van der Waals surface area contributed by atoms with Crippen molar-refractivity contribution in [3.8, 4) is 0 Å². The van der Waals surface area contributed by atoms with Crippen LogP contribution >= 0.6 is 0 Å². The molecular weight excluding hydrogens is 268 g/mol. The number of aromatic nitrogens is 2. The smallest absolute Gasteiger partial charge is 0.163 e. The quantitative estimate of drug-likeness (QED) is 0.619. The van der Waals surface area contributed by atoms with E-state index >= 15 is 0 Å². The van der Waals surface area contributed by atoms with Crippen LogP contribution in [0.3, 0.4) is 0 Å². The van der Waals surface area contributed by atoms with Gasteiger partial charge in [-0.25, -0.2) is 15.8 Å². The van der Waals surface area contributed by atoms with Crippen LogP contribution in [0.15, 0.2) is 6.07 Å². The molecule has 0 spiro atoms. The molecule has 3 N–H and O–H groups in total. The molecule has 0 aromatic carbocycles. The van der Waals surface area contributed by atoms with Gasteiger partial charge in [0.05, 0.1) is 12.3 Å². The van der Waals surface area contributed by atoms with E-state index in [1.807, 2.05) is 6.92 Å². The number of hydrogen-bond donors (Lipinski definition) is 2. The molecule has 21 heavy (non-hydrogen) atoms. The summed E-state index contributed by atoms with van der Waals surface area (Å²) in [5.41, 5.74) is 3.03. The number of methoxy groups -OCH3 is 1. The Bertz CT molecular complexity index is 459. The van der Waals surface area contributed by atoms with E-state index < -0.39 is 5.60 Å². The third-order valence-electron chi connectivity index (χ3n) is 4.13. The van der Waals surface area contributed by atoms with Gasteiger partial charge in [-0.1, -0.05) is 6.92 Å². The Labute approximate surface area is 126 Å². The molecule has 0 saturated heterocycles. The summed E-state index contributed by atoms with van der Waals surface area (Å²) in [6, 6.07) is 1.80. The molecule has 6 heteroatoms. The maximum Gasteiger partial charge on any atom is 0.163 e. The van der Waals surface area contributed by atoms with E-state index in [2.05, 4.69) is 22.3 Å². The molecule has 0 bridgehead atoms. The standard InChI is InChI=1S/C15H26N4O2/c1-4-21-15(7-5-11(2)6-8-15)14-17-12(10-20-3)9-13(18-14)19-16/h9,11H,4-8,10,16H2,1-3H3,(H,17,18,19). The summed E-state index contributed by atoms with van der Waals surface area (Å²) < 4.78 is 11.3.